The van der Waals surface area contributed by atoms with Crippen molar-refractivity contribution >= 4 is 11.9 Å². The lowest BCUT2D eigenvalue weighted by Crippen LogP contribution is -2.41. The maximum Gasteiger partial charge on any atom is 0.323 e. The zero-order chi connectivity index (χ0) is 13.5. The summed E-state index contributed by atoms with van der Waals surface area (Å²) in [5, 5.41) is 9.31. The lowest BCUT2D eigenvalue weighted by atomic mass is 9.85. The Kier molecular flexibility index (Phi) is 2.73. The first-order chi connectivity index (χ1) is 8.40. The van der Waals surface area contributed by atoms with Crippen LogP contribution in [0.5, 0.6) is 0 Å². The fourth-order valence-corrected chi connectivity index (χ4v) is 2.45. The molecule has 0 amide bonds. The van der Waals surface area contributed by atoms with Crippen molar-refractivity contribution in [2.45, 2.75) is 19.8 Å². The normalized spacial score (nSPS) is 21.4. The van der Waals surface area contributed by atoms with Crippen molar-refractivity contribution in [3.05, 3.63) is 33.2 Å². The molecule has 0 aliphatic heterocycles. The van der Waals surface area contributed by atoms with Gasteiger partial charge in [0.15, 0.2) is 5.41 Å². The van der Waals surface area contributed by atoms with Gasteiger partial charge in [-0.05, 0) is 18.1 Å². The molecule has 0 aromatic carbocycles. The number of aromatic nitrogens is 1. The van der Waals surface area contributed by atoms with Gasteiger partial charge in [-0.15, -0.1) is 0 Å². The molecule has 0 saturated carbocycles. The van der Waals surface area contributed by atoms with E-state index in [2.05, 4.69) is 9.72 Å². The van der Waals surface area contributed by atoms with Gasteiger partial charge in [0.25, 0.3) is 0 Å². The highest BCUT2D eigenvalue weighted by molar-refractivity contribution is 6.00. The molecule has 1 aromatic heterocycles. The van der Waals surface area contributed by atoms with Crippen LogP contribution in [-0.2, 0) is 27.2 Å². The van der Waals surface area contributed by atoms with E-state index >= 15 is 0 Å². The van der Waals surface area contributed by atoms with Crippen LogP contribution in [0.3, 0.4) is 0 Å². The largest absolute Gasteiger partial charge is 0.480 e. The van der Waals surface area contributed by atoms with Gasteiger partial charge in [-0.3, -0.25) is 14.4 Å². The number of methoxy groups -OCH3 is 1. The van der Waals surface area contributed by atoms with Crippen LogP contribution in [0, 0.1) is 12.3 Å². The average molecular weight is 251 g/mol. The van der Waals surface area contributed by atoms with Gasteiger partial charge in [-0.2, -0.15) is 0 Å². The van der Waals surface area contributed by atoms with Crippen molar-refractivity contribution < 1.29 is 19.4 Å². The zero-order valence-corrected chi connectivity index (χ0v) is 10.1. The van der Waals surface area contributed by atoms with Gasteiger partial charge in [-0.25, -0.2) is 0 Å². The molecule has 1 unspecified atom stereocenters. The second-order valence-electron chi connectivity index (χ2n) is 4.49. The number of ether oxygens (including phenoxy) is 1. The van der Waals surface area contributed by atoms with Gasteiger partial charge in [-0.1, -0.05) is 0 Å². The number of carbonyl (C=O) groups excluding carboxylic acids is 1. The summed E-state index contributed by atoms with van der Waals surface area (Å²) >= 11 is 0. The van der Waals surface area contributed by atoms with Crippen LogP contribution in [0.15, 0.2) is 10.9 Å². The molecule has 96 valence electrons. The van der Waals surface area contributed by atoms with Crippen LogP contribution < -0.4 is 5.56 Å². The minimum Gasteiger partial charge on any atom is -0.480 e. The Balaban J connectivity index is 2.55. The Morgan fingerprint density at radius 2 is 2.11 bits per heavy atom. The van der Waals surface area contributed by atoms with Gasteiger partial charge in [0.2, 0.25) is 5.56 Å². The predicted molar refractivity (Wildman–Crippen MR) is 61.3 cm³/mol. The minimum atomic E-state index is -1.61. The number of rotatable bonds is 2. The van der Waals surface area contributed by atoms with E-state index in [1.54, 1.807) is 6.92 Å². The van der Waals surface area contributed by atoms with E-state index in [4.69, 9.17) is 0 Å². The SMILES string of the molecule is COC(=O)C1(C(=O)O)Cc2cc(=O)[nH]c(C)c2C1. The van der Waals surface area contributed by atoms with E-state index in [1.165, 1.54) is 6.07 Å². The zero-order valence-electron chi connectivity index (χ0n) is 10.1. The average Bonchev–Trinajstić information content (AvgIpc) is 2.69. The molecule has 6 nitrogen and oxygen atoms in total. The van der Waals surface area contributed by atoms with Gasteiger partial charge in [0, 0.05) is 24.6 Å². The molecule has 2 rings (SSSR count). The van der Waals surface area contributed by atoms with E-state index < -0.39 is 17.4 Å². The Morgan fingerprint density at radius 3 is 2.67 bits per heavy atom. The quantitative estimate of drug-likeness (QED) is 0.571. The molecule has 1 aliphatic rings. The molecule has 2 N–H and O–H groups in total. The highest BCUT2D eigenvalue weighted by atomic mass is 16.5. The molecule has 1 heterocycles. The van der Waals surface area contributed by atoms with Crippen molar-refractivity contribution in [2.24, 2.45) is 5.41 Å². The number of pyridine rings is 1. The monoisotopic (exact) mass is 251 g/mol. The third-order valence-electron chi connectivity index (χ3n) is 3.41. The number of hydrogen-bond donors (Lipinski definition) is 2. The molecular formula is C12H13NO5. The van der Waals surface area contributed by atoms with Crippen LogP contribution in [0.1, 0.15) is 16.8 Å². The van der Waals surface area contributed by atoms with E-state index in [1.807, 2.05) is 0 Å². The number of carbonyl (C=O) groups is 2. The first-order valence-electron chi connectivity index (χ1n) is 5.44. The summed E-state index contributed by atoms with van der Waals surface area (Å²) in [5.41, 5.74) is 0.0111. The maximum atomic E-state index is 11.8. The fourth-order valence-electron chi connectivity index (χ4n) is 2.45. The van der Waals surface area contributed by atoms with E-state index in [9.17, 15) is 19.5 Å². The summed E-state index contributed by atoms with van der Waals surface area (Å²) in [6.45, 7) is 1.69. The van der Waals surface area contributed by atoms with Crippen LogP contribution in [-0.4, -0.2) is 29.1 Å². The van der Waals surface area contributed by atoms with Crippen molar-refractivity contribution in [2.75, 3.05) is 7.11 Å². The Labute approximate surface area is 103 Å². The number of esters is 1. The maximum absolute atomic E-state index is 11.8. The fraction of sp³-hybridized carbons (Fsp3) is 0.417. The van der Waals surface area contributed by atoms with Crippen LogP contribution >= 0.6 is 0 Å². The summed E-state index contributed by atoms with van der Waals surface area (Å²) in [6, 6.07) is 1.34. The number of aliphatic carboxylic acids is 1. The number of hydrogen-bond acceptors (Lipinski definition) is 4. The number of fused-ring (bicyclic) bond motifs is 1. The first-order valence-corrected chi connectivity index (χ1v) is 5.44. The van der Waals surface area contributed by atoms with Crippen LogP contribution in [0.4, 0.5) is 0 Å². The van der Waals surface area contributed by atoms with E-state index in [-0.39, 0.29) is 18.4 Å². The van der Waals surface area contributed by atoms with E-state index in [0.29, 0.717) is 16.8 Å². The van der Waals surface area contributed by atoms with Gasteiger partial charge < -0.3 is 14.8 Å². The lowest BCUT2D eigenvalue weighted by molar-refractivity contribution is -0.166. The third kappa shape index (κ3) is 1.61. The first kappa shape index (κ1) is 12.3. The molecule has 1 atom stereocenters. The Bertz CT molecular complexity index is 589. The molecule has 0 spiro atoms. The molecule has 1 aliphatic carbocycles. The van der Waals surface area contributed by atoms with E-state index in [0.717, 1.165) is 7.11 Å². The van der Waals surface area contributed by atoms with Crippen LogP contribution in [0.2, 0.25) is 0 Å². The van der Waals surface area contributed by atoms with Gasteiger partial charge in [0.1, 0.15) is 0 Å². The van der Waals surface area contributed by atoms with Crippen molar-refractivity contribution in [1.82, 2.24) is 4.98 Å². The molecule has 0 fully saturated rings. The summed E-state index contributed by atoms with van der Waals surface area (Å²) < 4.78 is 4.59. The smallest absolute Gasteiger partial charge is 0.323 e. The number of carboxylic acid groups (broad SMARTS) is 1. The number of nitrogens with one attached hydrogen (secondary N) is 1. The van der Waals surface area contributed by atoms with Crippen molar-refractivity contribution in [1.29, 1.82) is 0 Å². The molecule has 1 aromatic rings. The predicted octanol–water partition coefficient (Wildman–Crippen LogP) is 0.0259. The molecule has 0 radical (unpaired) electrons. The topological polar surface area (TPSA) is 96.5 Å². The summed E-state index contributed by atoms with van der Waals surface area (Å²) in [7, 11) is 1.16. The van der Waals surface area contributed by atoms with Crippen molar-refractivity contribution in [3.8, 4) is 0 Å². The molecular weight excluding hydrogens is 238 g/mol. The van der Waals surface area contributed by atoms with Crippen LogP contribution in [0.25, 0.3) is 0 Å². The summed E-state index contributed by atoms with van der Waals surface area (Å²) in [6.07, 6.45) is 0.0437. The summed E-state index contributed by atoms with van der Waals surface area (Å²) in [5.74, 6) is -2.00. The number of H-pyrrole nitrogens is 1. The standard InChI is InChI=1S/C12H13NO5/c1-6-8-5-12(10(15)16,11(17)18-2)4-7(8)3-9(14)13-6/h3H,4-5H2,1-2H3,(H,13,14)(H,15,16). The van der Waals surface area contributed by atoms with Crippen molar-refractivity contribution in [3.63, 3.8) is 0 Å². The third-order valence-corrected chi connectivity index (χ3v) is 3.41. The molecule has 0 saturated heterocycles. The molecule has 0 bridgehead atoms. The number of aromatic amines is 1. The number of carboxylic acids is 1. The highest BCUT2D eigenvalue weighted by Gasteiger charge is 2.52. The minimum absolute atomic E-state index is 0.00486. The second kappa shape index (κ2) is 3.97. The Morgan fingerprint density at radius 1 is 1.44 bits per heavy atom. The Hall–Kier alpha value is -2.11. The highest BCUT2D eigenvalue weighted by Crippen LogP contribution is 2.38. The molecule has 18 heavy (non-hydrogen) atoms. The van der Waals surface area contributed by atoms with Gasteiger partial charge >= 0.3 is 11.9 Å². The second-order valence-corrected chi connectivity index (χ2v) is 4.49. The summed E-state index contributed by atoms with van der Waals surface area (Å²) in [4.78, 5) is 37.1. The number of aryl methyl sites for hydroxylation is 1. The lowest BCUT2D eigenvalue weighted by Gasteiger charge is -2.20. The molecule has 6 heteroatoms. The van der Waals surface area contributed by atoms with Gasteiger partial charge in [0.05, 0.1) is 7.11 Å².